The van der Waals surface area contributed by atoms with E-state index >= 15 is 0 Å². The van der Waals surface area contributed by atoms with Crippen molar-refractivity contribution < 1.29 is 13.2 Å². The molecule has 2 aromatic heterocycles. The van der Waals surface area contributed by atoms with Crippen LogP contribution in [0.1, 0.15) is 35.2 Å². The average molecular weight is 501 g/mol. The van der Waals surface area contributed by atoms with Crippen LogP contribution in [0, 0.1) is 6.92 Å². The molecule has 0 aliphatic carbocycles. The first-order chi connectivity index (χ1) is 16.6. The maximum atomic E-state index is 13.3. The zero-order valence-corrected chi connectivity index (χ0v) is 20.6. The van der Waals surface area contributed by atoms with Crippen LogP contribution in [0.25, 0.3) is 11.3 Å². The molecule has 0 saturated carbocycles. The molecule has 3 heterocycles. The summed E-state index contributed by atoms with van der Waals surface area (Å²) in [6.07, 6.45) is 2.51. The van der Waals surface area contributed by atoms with Crippen LogP contribution >= 0.6 is 12.2 Å². The van der Waals surface area contributed by atoms with Crippen molar-refractivity contribution in [2.24, 2.45) is 0 Å². The summed E-state index contributed by atoms with van der Waals surface area (Å²) in [5.74, 6) is 0.345. The predicted octanol–water partition coefficient (Wildman–Crippen LogP) is 5.79. The summed E-state index contributed by atoms with van der Waals surface area (Å²) >= 11 is 5.33. The molecule has 1 aliphatic rings. The van der Waals surface area contributed by atoms with Crippen molar-refractivity contribution >= 4 is 34.5 Å². The normalized spacial score (nSPS) is 13.2. The van der Waals surface area contributed by atoms with Gasteiger partial charge in [0, 0.05) is 35.6 Å². The summed E-state index contributed by atoms with van der Waals surface area (Å²) in [5, 5.41) is 6.17. The SMILES string of the molecule is Cc1ncc(CCCCN(C)C)cc1Nc1ncc2c(n1)-c1ccc(C(F)(F)F)cc1NC(=S)C2. The molecule has 35 heavy (non-hydrogen) atoms. The molecule has 0 amide bonds. The van der Waals surface area contributed by atoms with Crippen molar-refractivity contribution in [1.82, 2.24) is 19.9 Å². The molecule has 0 spiro atoms. The second kappa shape index (κ2) is 10.2. The molecule has 2 N–H and O–H groups in total. The van der Waals surface area contributed by atoms with Crippen LogP contribution in [0.3, 0.4) is 0 Å². The molecule has 0 bridgehead atoms. The molecule has 4 rings (SSSR count). The van der Waals surface area contributed by atoms with Gasteiger partial charge >= 0.3 is 6.18 Å². The summed E-state index contributed by atoms with van der Waals surface area (Å²) in [6, 6.07) is 5.60. The molecular weight excluding hydrogens is 473 g/mol. The van der Waals surface area contributed by atoms with E-state index < -0.39 is 11.7 Å². The number of unbranched alkanes of at least 4 members (excludes halogenated alkanes) is 1. The van der Waals surface area contributed by atoms with Gasteiger partial charge in [0.1, 0.15) is 0 Å². The van der Waals surface area contributed by atoms with Crippen LogP contribution in [-0.4, -0.2) is 45.5 Å². The van der Waals surface area contributed by atoms with E-state index in [9.17, 15) is 13.2 Å². The number of benzene rings is 1. The highest BCUT2D eigenvalue weighted by atomic mass is 32.1. The first-order valence-corrected chi connectivity index (χ1v) is 11.8. The first-order valence-electron chi connectivity index (χ1n) is 11.3. The van der Waals surface area contributed by atoms with Gasteiger partial charge in [0.2, 0.25) is 5.95 Å². The van der Waals surface area contributed by atoms with Crippen molar-refractivity contribution in [1.29, 1.82) is 0 Å². The quantitative estimate of drug-likeness (QED) is 0.314. The molecule has 3 aromatic rings. The van der Waals surface area contributed by atoms with E-state index in [2.05, 4.69) is 44.6 Å². The van der Waals surface area contributed by atoms with E-state index in [4.69, 9.17) is 12.2 Å². The number of aryl methyl sites for hydroxylation is 2. The third kappa shape index (κ3) is 6.12. The van der Waals surface area contributed by atoms with Crippen molar-refractivity contribution in [3.8, 4) is 11.3 Å². The number of alkyl halides is 3. The summed E-state index contributed by atoms with van der Waals surface area (Å²) in [4.78, 5) is 16.2. The maximum Gasteiger partial charge on any atom is 0.416 e. The fourth-order valence-corrected chi connectivity index (χ4v) is 4.21. The number of thiocarbonyl (C=S) groups is 1. The van der Waals surface area contributed by atoms with Crippen LogP contribution in [0.5, 0.6) is 0 Å². The fraction of sp³-hybridized carbons (Fsp3) is 0.360. The molecule has 1 aliphatic heterocycles. The number of fused-ring (bicyclic) bond motifs is 3. The van der Waals surface area contributed by atoms with Gasteiger partial charge in [-0.2, -0.15) is 13.2 Å². The van der Waals surface area contributed by atoms with Crippen molar-refractivity contribution in [2.45, 2.75) is 38.8 Å². The lowest BCUT2D eigenvalue weighted by molar-refractivity contribution is -0.137. The molecule has 184 valence electrons. The van der Waals surface area contributed by atoms with Crippen LogP contribution in [0.2, 0.25) is 0 Å². The van der Waals surface area contributed by atoms with Gasteiger partial charge in [0.15, 0.2) is 0 Å². The minimum atomic E-state index is -4.45. The highest BCUT2D eigenvalue weighted by molar-refractivity contribution is 7.80. The summed E-state index contributed by atoms with van der Waals surface area (Å²) in [5.41, 5.74) is 4.09. The zero-order chi connectivity index (χ0) is 25.2. The molecule has 0 saturated heterocycles. The van der Waals surface area contributed by atoms with Crippen LogP contribution in [-0.2, 0) is 19.0 Å². The third-order valence-electron chi connectivity index (χ3n) is 5.80. The Hall–Kier alpha value is -3.11. The molecule has 1 aromatic carbocycles. The van der Waals surface area contributed by atoms with E-state index in [-0.39, 0.29) is 5.69 Å². The summed E-state index contributed by atoms with van der Waals surface area (Å²) < 4.78 is 39.8. The van der Waals surface area contributed by atoms with Gasteiger partial charge in [-0.3, -0.25) is 4.98 Å². The first kappa shape index (κ1) is 25.0. The molecule has 0 unspecified atom stereocenters. The Morgan fingerprint density at radius 3 is 2.66 bits per heavy atom. The van der Waals surface area contributed by atoms with Gasteiger partial charge in [0.05, 0.1) is 27.6 Å². The highest BCUT2D eigenvalue weighted by Crippen LogP contribution is 2.38. The van der Waals surface area contributed by atoms with Gasteiger partial charge in [-0.25, -0.2) is 9.97 Å². The van der Waals surface area contributed by atoms with E-state index in [0.717, 1.165) is 60.4 Å². The lowest BCUT2D eigenvalue weighted by atomic mass is 10.0. The summed E-state index contributed by atoms with van der Waals surface area (Å²) in [6.45, 7) is 2.94. The average Bonchev–Trinajstić information content (AvgIpc) is 2.92. The number of halogens is 3. The van der Waals surface area contributed by atoms with Crippen molar-refractivity contribution in [3.05, 3.63) is 59.0 Å². The smallest absolute Gasteiger partial charge is 0.349 e. The minimum absolute atomic E-state index is 0.283. The Labute approximate surface area is 208 Å². The maximum absolute atomic E-state index is 13.3. The van der Waals surface area contributed by atoms with E-state index in [1.54, 1.807) is 6.20 Å². The Balaban J connectivity index is 1.61. The Bertz CT molecular complexity index is 1240. The largest absolute Gasteiger partial charge is 0.416 e. The highest BCUT2D eigenvalue weighted by Gasteiger charge is 2.32. The fourth-order valence-electron chi connectivity index (χ4n) is 3.94. The number of hydrogen-bond donors (Lipinski definition) is 2. The number of rotatable bonds is 7. The summed E-state index contributed by atoms with van der Waals surface area (Å²) in [7, 11) is 4.13. The van der Waals surface area contributed by atoms with Gasteiger partial charge in [-0.15, -0.1) is 0 Å². The Morgan fingerprint density at radius 2 is 1.91 bits per heavy atom. The monoisotopic (exact) mass is 500 g/mol. The molecule has 6 nitrogen and oxygen atoms in total. The van der Waals surface area contributed by atoms with Crippen LogP contribution in [0.15, 0.2) is 36.7 Å². The van der Waals surface area contributed by atoms with E-state index in [1.807, 2.05) is 19.2 Å². The lowest BCUT2D eigenvalue weighted by Gasteiger charge is -2.14. The molecule has 0 fully saturated rings. The van der Waals surface area contributed by atoms with Crippen LogP contribution < -0.4 is 10.6 Å². The molecule has 0 radical (unpaired) electrons. The Morgan fingerprint density at radius 1 is 1.11 bits per heavy atom. The zero-order valence-electron chi connectivity index (χ0n) is 19.8. The van der Waals surface area contributed by atoms with E-state index in [0.29, 0.717) is 28.6 Å². The van der Waals surface area contributed by atoms with Crippen molar-refractivity contribution in [3.63, 3.8) is 0 Å². The van der Waals surface area contributed by atoms with Crippen LogP contribution in [0.4, 0.5) is 30.5 Å². The second-order valence-electron chi connectivity index (χ2n) is 8.91. The van der Waals surface area contributed by atoms with Gasteiger partial charge in [-0.05, 0) is 70.6 Å². The standard InChI is InChI=1S/C25H27F3N6S/c1-15-20(10-16(13-29-15)6-4-5-9-34(2)3)32-24-30-14-17-11-22(35)31-21-12-18(25(26,27)28)7-8-19(21)23(17)33-24/h7-8,10,12-14H,4-6,9,11H2,1-3H3,(H,31,35)(H,30,32,33). The second-order valence-corrected chi connectivity index (χ2v) is 9.41. The number of nitrogens with zero attached hydrogens (tertiary/aromatic N) is 4. The van der Waals surface area contributed by atoms with Gasteiger partial charge in [0.25, 0.3) is 0 Å². The molecule has 10 heteroatoms. The van der Waals surface area contributed by atoms with E-state index in [1.165, 1.54) is 6.07 Å². The third-order valence-corrected chi connectivity index (χ3v) is 6.05. The Kier molecular flexibility index (Phi) is 7.32. The topological polar surface area (TPSA) is 66.0 Å². The number of hydrogen-bond acceptors (Lipinski definition) is 6. The van der Waals surface area contributed by atoms with Gasteiger partial charge in [-0.1, -0.05) is 18.3 Å². The lowest BCUT2D eigenvalue weighted by Crippen LogP contribution is -2.12. The van der Waals surface area contributed by atoms with Gasteiger partial charge < -0.3 is 15.5 Å². The molecule has 0 atom stereocenters. The van der Waals surface area contributed by atoms with Crippen molar-refractivity contribution in [2.75, 3.05) is 31.3 Å². The number of pyridine rings is 1. The predicted molar refractivity (Wildman–Crippen MR) is 136 cm³/mol. The number of anilines is 3. The number of nitrogens with one attached hydrogen (secondary N) is 2. The minimum Gasteiger partial charge on any atom is -0.349 e. The number of aromatic nitrogens is 3. The molecular formula is C25H27F3N6S.